The van der Waals surface area contributed by atoms with Crippen molar-refractivity contribution in [1.29, 1.82) is 0 Å². The van der Waals surface area contributed by atoms with Crippen molar-refractivity contribution in [2.45, 2.75) is 70.2 Å². The van der Waals surface area contributed by atoms with Gasteiger partial charge >= 0.3 is 0 Å². The van der Waals surface area contributed by atoms with Gasteiger partial charge in [0.05, 0.1) is 0 Å². The van der Waals surface area contributed by atoms with Gasteiger partial charge in [0, 0.05) is 12.1 Å². The van der Waals surface area contributed by atoms with E-state index in [2.05, 4.69) is 24.2 Å². The zero-order valence-electron chi connectivity index (χ0n) is 9.34. The van der Waals surface area contributed by atoms with Crippen LogP contribution < -0.4 is 0 Å². The highest BCUT2D eigenvalue weighted by Gasteiger charge is 2.40. The number of rotatable bonds is 3. The van der Waals surface area contributed by atoms with E-state index in [0.717, 1.165) is 12.1 Å². The molecule has 2 aliphatic carbocycles. The molecule has 76 valence electrons. The maximum atomic E-state index is 2.94. The Balaban J connectivity index is 2.01. The van der Waals surface area contributed by atoms with Crippen LogP contribution >= 0.6 is 0 Å². The molecule has 2 saturated carbocycles. The lowest BCUT2D eigenvalue weighted by molar-refractivity contribution is 0.114. The molecular formula is C11H23NSi. The zero-order chi connectivity index (χ0) is 9.47. The van der Waals surface area contributed by atoms with Crippen LogP contribution in [0.25, 0.3) is 0 Å². The Morgan fingerprint density at radius 1 is 0.846 bits per heavy atom. The van der Waals surface area contributed by atoms with Crippen LogP contribution in [0.2, 0.25) is 19.6 Å². The molecule has 0 heterocycles. The minimum absolute atomic E-state index is 0.983. The molecule has 0 spiro atoms. The molecule has 0 atom stereocenters. The SMILES string of the molecule is C[Si](C)(C)N(C1CCC1)C1CCC1. The second-order valence-corrected chi connectivity index (χ2v) is 10.6. The van der Waals surface area contributed by atoms with Gasteiger partial charge in [-0.05, 0) is 25.7 Å². The van der Waals surface area contributed by atoms with Gasteiger partial charge in [-0.2, -0.15) is 0 Å². The van der Waals surface area contributed by atoms with Crippen molar-refractivity contribution in [3.8, 4) is 0 Å². The summed E-state index contributed by atoms with van der Waals surface area (Å²) in [4.78, 5) is 0. The van der Waals surface area contributed by atoms with E-state index >= 15 is 0 Å². The Morgan fingerprint density at radius 2 is 1.23 bits per heavy atom. The Labute approximate surface area is 83.6 Å². The Kier molecular flexibility index (Phi) is 2.54. The van der Waals surface area contributed by atoms with Crippen molar-refractivity contribution >= 4 is 8.24 Å². The van der Waals surface area contributed by atoms with Crippen LogP contribution in [-0.4, -0.2) is 24.9 Å². The lowest BCUT2D eigenvalue weighted by Crippen LogP contribution is -2.60. The van der Waals surface area contributed by atoms with Crippen LogP contribution in [-0.2, 0) is 0 Å². The van der Waals surface area contributed by atoms with Gasteiger partial charge in [0.25, 0.3) is 0 Å². The lowest BCUT2D eigenvalue weighted by Gasteiger charge is -2.52. The summed E-state index contributed by atoms with van der Waals surface area (Å²) >= 11 is 0. The fourth-order valence-electron chi connectivity index (χ4n) is 2.72. The highest BCUT2D eigenvalue weighted by atomic mass is 28.3. The Hall–Kier alpha value is 0.177. The topological polar surface area (TPSA) is 3.24 Å². The second kappa shape index (κ2) is 3.39. The highest BCUT2D eigenvalue weighted by Crippen LogP contribution is 2.37. The summed E-state index contributed by atoms with van der Waals surface area (Å²) in [5.74, 6) is 0. The van der Waals surface area contributed by atoms with Gasteiger partial charge in [0.1, 0.15) is 8.24 Å². The molecule has 0 amide bonds. The summed E-state index contributed by atoms with van der Waals surface area (Å²) in [7, 11) is -1.02. The lowest BCUT2D eigenvalue weighted by atomic mass is 9.87. The van der Waals surface area contributed by atoms with Gasteiger partial charge in [-0.15, -0.1) is 0 Å². The van der Waals surface area contributed by atoms with E-state index in [0.29, 0.717) is 0 Å². The van der Waals surface area contributed by atoms with Crippen LogP contribution in [0, 0.1) is 0 Å². The first kappa shape index (κ1) is 9.72. The summed E-state index contributed by atoms with van der Waals surface area (Å²) in [6.07, 6.45) is 8.92. The molecule has 0 aliphatic heterocycles. The largest absolute Gasteiger partial charge is 0.318 e. The van der Waals surface area contributed by atoms with E-state index < -0.39 is 8.24 Å². The van der Waals surface area contributed by atoms with E-state index in [-0.39, 0.29) is 0 Å². The molecule has 2 rings (SSSR count). The molecular weight excluding hydrogens is 174 g/mol. The number of hydrogen-bond donors (Lipinski definition) is 0. The molecule has 0 aromatic heterocycles. The van der Waals surface area contributed by atoms with Gasteiger partial charge in [-0.25, -0.2) is 0 Å². The summed E-state index contributed by atoms with van der Waals surface area (Å²) in [6, 6.07) is 1.97. The van der Waals surface area contributed by atoms with E-state index in [4.69, 9.17) is 0 Å². The monoisotopic (exact) mass is 197 g/mol. The van der Waals surface area contributed by atoms with Crippen LogP contribution in [0.4, 0.5) is 0 Å². The summed E-state index contributed by atoms with van der Waals surface area (Å²) in [5, 5.41) is 0. The smallest absolute Gasteiger partial charge is 0.119 e. The van der Waals surface area contributed by atoms with Crippen molar-refractivity contribution in [3.05, 3.63) is 0 Å². The Morgan fingerprint density at radius 3 is 1.38 bits per heavy atom. The third-order valence-electron chi connectivity index (χ3n) is 3.71. The van der Waals surface area contributed by atoms with E-state index in [1.165, 1.54) is 38.5 Å². The molecule has 1 nitrogen and oxygen atoms in total. The first-order valence-corrected chi connectivity index (χ1v) is 9.32. The minimum atomic E-state index is -1.02. The average Bonchev–Trinajstić information content (AvgIpc) is 1.75. The van der Waals surface area contributed by atoms with E-state index in [9.17, 15) is 0 Å². The van der Waals surface area contributed by atoms with Gasteiger partial charge in [0.15, 0.2) is 0 Å². The van der Waals surface area contributed by atoms with Gasteiger partial charge in [-0.1, -0.05) is 32.5 Å². The summed E-state index contributed by atoms with van der Waals surface area (Å²) in [5.41, 5.74) is 0. The molecule has 0 bridgehead atoms. The predicted molar refractivity (Wildman–Crippen MR) is 60.5 cm³/mol. The van der Waals surface area contributed by atoms with Crippen LogP contribution in [0.5, 0.6) is 0 Å². The van der Waals surface area contributed by atoms with Crippen molar-refractivity contribution in [2.75, 3.05) is 0 Å². The molecule has 2 fully saturated rings. The minimum Gasteiger partial charge on any atom is -0.318 e. The van der Waals surface area contributed by atoms with E-state index in [1.807, 2.05) is 0 Å². The molecule has 13 heavy (non-hydrogen) atoms. The fourth-order valence-corrected chi connectivity index (χ4v) is 5.43. The van der Waals surface area contributed by atoms with Crippen molar-refractivity contribution < 1.29 is 0 Å². The molecule has 0 N–H and O–H groups in total. The third-order valence-corrected chi connectivity index (χ3v) is 5.99. The summed E-state index contributed by atoms with van der Waals surface area (Å²) in [6.45, 7) is 7.55. The van der Waals surface area contributed by atoms with Crippen molar-refractivity contribution in [2.24, 2.45) is 0 Å². The van der Waals surface area contributed by atoms with Crippen molar-refractivity contribution in [3.63, 3.8) is 0 Å². The normalized spacial score (nSPS) is 25.8. The molecule has 0 radical (unpaired) electrons. The maximum Gasteiger partial charge on any atom is 0.119 e. The molecule has 0 unspecified atom stereocenters. The van der Waals surface area contributed by atoms with Crippen molar-refractivity contribution in [1.82, 2.24) is 4.57 Å². The third kappa shape index (κ3) is 1.84. The quantitative estimate of drug-likeness (QED) is 0.628. The molecule has 0 saturated heterocycles. The van der Waals surface area contributed by atoms with Gasteiger partial charge < -0.3 is 4.57 Å². The predicted octanol–water partition coefficient (Wildman–Crippen LogP) is 3.23. The molecule has 2 aliphatic rings. The first-order valence-electron chi connectivity index (χ1n) is 5.87. The molecule has 2 heteroatoms. The first-order chi connectivity index (χ1) is 6.09. The Bertz CT molecular complexity index is 163. The fraction of sp³-hybridized carbons (Fsp3) is 1.00. The number of hydrogen-bond acceptors (Lipinski definition) is 1. The maximum absolute atomic E-state index is 2.94. The van der Waals surface area contributed by atoms with E-state index in [1.54, 1.807) is 0 Å². The zero-order valence-corrected chi connectivity index (χ0v) is 10.3. The molecule has 0 aromatic carbocycles. The average molecular weight is 197 g/mol. The van der Waals surface area contributed by atoms with Gasteiger partial charge in [-0.3, -0.25) is 0 Å². The highest BCUT2D eigenvalue weighted by molar-refractivity contribution is 6.73. The standard InChI is InChI=1S/C11H23NSi/c1-13(2,3)12(10-6-4-7-10)11-8-5-9-11/h10-11H,4-9H2,1-3H3. The molecule has 0 aromatic rings. The summed E-state index contributed by atoms with van der Waals surface area (Å²) < 4.78 is 2.94. The number of nitrogens with zero attached hydrogens (tertiary/aromatic N) is 1. The van der Waals surface area contributed by atoms with Crippen LogP contribution in [0.1, 0.15) is 38.5 Å². The van der Waals surface area contributed by atoms with Crippen LogP contribution in [0.3, 0.4) is 0 Å². The van der Waals surface area contributed by atoms with Gasteiger partial charge in [0.2, 0.25) is 0 Å². The van der Waals surface area contributed by atoms with Crippen LogP contribution in [0.15, 0.2) is 0 Å². The second-order valence-electron chi connectivity index (χ2n) is 5.75.